The first-order valence-electron chi connectivity index (χ1n) is 8.65. The van der Waals surface area contributed by atoms with E-state index in [1.54, 1.807) is 24.6 Å². The highest BCUT2D eigenvalue weighted by Crippen LogP contribution is 2.40. The molecule has 0 saturated heterocycles. The minimum absolute atomic E-state index is 0.171. The van der Waals surface area contributed by atoms with Crippen molar-refractivity contribution in [2.24, 2.45) is 0 Å². The summed E-state index contributed by atoms with van der Waals surface area (Å²) in [6.07, 6.45) is 5.47. The molecular weight excluding hydrogens is 386 g/mol. The summed E-state index contributed by atoms with van der Waals surface area (Å²) in [5, 5.41) is 12.1. The van der Waals surface area contributed by atoms with Gasteiger partial charge in [-0.05, 0) is 44.0 Å². The third kappa shape index (κ3) is 4.17. The number of aromatic nitrogens is 4. The van der Waals surface area contributed by atoms with E-state index in [9.17, 15) is 4.79 Å². The molecule has 27 heavy (non-hydrogen) atoms. The van der Waals surface area contributed by atoms with Gasteiger partial charge < -0.3 is 9.73 Å². The van der Waals surface area contributed by atoms with Crippen molar-refractivity contribution in [3.05, 3.63) is 53.5 Å². The molecule has 0 radical (unpaired) electrons. The van der Waals surface area contributed by atoms with Crippen LogP contribution in [0.3, 0.4) is 0 Å². The van der Waals surface area contributed by atoms with Gasteiger partial charge in [-0.3, -0.25) is 9.36 Å². The van der Waals surface area contributed by atoms with Gasteiger partial charge in [0.2, 0.25) is 5.91 Å². The number of amides is 1. The van der Waals surface area contributed by atoms with E-state index in [2.05, 4.69) is 20.5 Å². The molecule has 0 spiro atoms. The fourth-order valence-corrected chi connectivity index (χ4v) is 3.69. The molecule has 1 unspecified atom stereocenters. The van der Waals surface area contributed by atoms with Crippen molar-refractivity contribution in [3.8, 4) is 0 Å². The van der Waals surface area contributed by atoms with E-state index in [-0.39, 0.29) is 16.3 Å². The molecule has 0 aliphatic heterocycles. The molecule has 3 aromatic heterocycles. The Hall–Kier alpha value is -2.32. The lowest BCUT2D eigenvalue weighted by Crippen LogP contribution is -2.23. The van der Waals surface area contributed by atoms with Crippen molar-refractivity contribution in [2.45, 2.75) is 42.6 Å². The largest absolute Gasteiger partial charge is 0.467 e. The van der Waals surface area contributed by atoms with Gasteiger partial charge in [-0.15, -0.1) is 10.2 Å². The zero-order valence-corrected chi connectivity index (χ0v) is 16.2. The molecule has 9 heteroatoms. The predicted molar refractivity (Wildman–Crippen MR) is 103 cm³/mol. The lowest BCUT2D eigenvalue weighted by atomic mass is 10.3. The van der Waals surface area contributed by atoms with Crippen LogP contribution in [0.25, 0.3) is 0 Å². The summed E-state index contributed by atoms with van der Waals surface area (Å²) in [7, 11) is 0. The van der Waals surface area contributed by atoms with Crippen LogP contribution in [-0.2, 0) is 11.3 Å². The van der Waals surface area contributed by atoms with Crippen LogP contribution in [0, 0.1) is 0 Å². The van der Waals surface area contributed by atoms with E-state index in [0.29, 0.717) is 23.3 Å². The van der Waals surface area contributed by atoms with Crippen molar-refractivity contribution in [1.82, 2.24) is 19.7 Å². The normalized spacial score (nSPS) is 14.9. The molecule has 0 aromatic carbocycles. The molecule has 1 N–H and O–H groups in total. The standard InChI is InChI=1S/C18H18ClN5O2S/c1-11(17(25)21-14-5-2-8-20-15(14)19)27-18-23-22-16(12-6-7-12)24(18)10-13-4-3-9-26-13/h2-5,8-9,11-12H,6-7,10H2,1H3,(H,21,25). The van der Waals surface area contributed by atoms with Crippen LogP contribution in [0.2, 0.25) is 5.15 Å². The van der Waals surface area contributed by atoms with Gasteiger partial charge in [-0.25, -0.2) is 4.98 Å². The fraction of sp³-hybridized carbons (Fsp3) is 0.333. The number of pyridine rings is 1. The number of rotatable bonds is 7. The smallest absolute Gasteiger partial charge is 0.237 e. The summed E-state index contributed by atoms with van der Waals surface area (Å²) >= 11 is 7.38. The van der Waals surface area contributed by atoms with Crippen LogP contribution in [0.5, 0.6) is 0 Å². The highest BCUT2D eigenvalue weighted by molar-refractivity contribution is 8.00. The summed E-state index contributed by atoms with van der Waals surface area (Å²) in [6.45, 7) is 2.38. The monoisotopic (exact) mass is 403 g/mol. The predicted octanol–water partition coefficient (Wildman–Crippen LogP) is 3.96. The minimum atomic E-state index is -0.382. The van der Waals surface area contributed by atoms with Crippen LogP contribution in [0.1, 0.15) is 37.3 Å². The quantitative estimate of drug-likeness (QED) is 0.474. The summed E-state index contributed by atoms with van der Waals surface area (Å²) in [4.78, 5) is 16.5. The van der Waals surface area contributed by atoms with E-state index in [1.807, 2.05) is 23.6 Å². The molecule has 1 aliphatic carbocycles. The Morgan fingerprint density at radius 2 is 2.26 bits per heavy atom. The third-order valence-corrected chi connectivity index (χ3v) is 5.63. The number of carbonyl (C=O) groups is 1. The van der Waals surface area contributed by atoms with Gasteiger partial charge >= 0.3 is 0 Å². The second-order valence-electron chi connectivity index (χ2n) is 6.37. The summed E-state index contributed by atoms with van der Waals surface area (Å²) in [5.41, 5.74) is 0.493. The molecule has 3 heterocycles. The van der Waals surface area contributed by atoms with E-state index >= 15 is 0 Å². The summed E-state index contributed by atoms with van der Waals surface area (Å²) in [6, 6.07) is 7.22. The molecular formula is C18H18ClN5O2S. The van der Waals surface area contributed by atoms with Gasteiger partial charge in [0.15, 0.2) is 10.3 Å². The third-order valence-electron chi connectivity index (χ3n) is 4.25. The van der Waals surface area contributed by atoms with Gasteiger partial charge in [0.25, 0.3) is 0 Å². The van der Waals surface area contributed by atoms with Gasteiger partial charge in [0.1, 0.15) is 11.6 Å². The van der Waals surface area contributed by atoms with Crippen molar-refractivity contribution < 1.29 is 9.21 Å². The number of hydrogen-bond donors (Lipinski definition) is 1. The maximum absolute atomic E-state index is 12.6. The van der Waals surface area contributed by atoms with Crippen molar-refractivity contribution >= 4 is 35.0 Å². The Morgan fingerprint density at radius 3 is 2.96 bits per heavy atom. The Kier molecular flexibility index (Phi) is 5.18. The first-order valence-corrected chi connectivity index (χ1v) is 9.91. The highest BCUT2D eigenvalue weighted by Gasteiger charge is 2.31. The van der Waals surface area contributed by atoms with Gasteiger partial charge in [0, 0.05) is 12.1 Å². The number of hydrogen-bond acceptors (Lipinski definition) is 6. The molecule has 1 saturated carbocycles. The minimum Gasteiger partial charge on any atom is -0.467 e. The number of thioether (sulfide) groups is 1. The van der Waals surface area contributed by atoms with Gasteiger partial charge in [-0.1, -0.05) is 23.4 Å². The maximum atomic E-state index is 12.6. The zero-order valence-electron chi connectivity index (χ0n) is 14.6. The number of nitrogens with one attached hydrogen (secondary N) is 1. The molecule has 140 valence electrons. The average Bonchev–Trinajstić information content (AvgIpc) is 3.23. The van der Waals surface area contributed by atoms with E-state index in [1.165, 1.54) is 11.8 Å². The maximum Gasteiger partial charge on any atom is 0.237 e. The number of furan rings is 1. The lowest BCUT2D eigenvalue weighted by molar-refractivity contribution is -0.115. The van der Waals surface area contributed by atoms with Crippen molar-refractivity contribution in [3.63, 3.8) is 0 Å². The molecule has 3 aromatic rings. The summed E-state index contributed by atoms with van der Waals surface area (Å²) in [5.74, 6) is 2.06. The molecule has 1 amide bonds. The molecule has 4 rings (SSSR count). The van der Waals surface area contributed by atoms with Crippen LogP contribution >= 0.6 is 23.4 Å². The van der Waals surface area contributed by atoms with Crippen LogP contribution < -0.4 is 5.32 Å². The van der Waals surface area contributed by atoms with E-state index in [4.69, 9.17) is 16.0 Å². The Morgan fingerprint density at radius 1 is 1.41 bits per heavy atom. The second kappa shape index (κ2) is 7.74. The Balaban J connectivity index is 1.50. The molecule has 7 nitrogen and oxygen atoms in total. The van der Waals surface area contributed by atoms with Crippen molar-refractivity contribution in [2.75, 3.05) is 5.32 Å². The van der Waals surface area contributed by atoms with E-state index < -0.39 is 0 Å². The molecule has 1 aliphatic rings. The fourth-order valence-electron chi connectivity index (χ4n) is 2.66. The molecule has 1 fully saturated rings. The molecule has 0 bridgehead atoms. The van der Waals surface area contributed by atoms with Crippen LogP contribution in [-0.4, -0.2) is 30.9 Å². The SMILES string of the molecule is CC(Sc1nnc(C2CC2)n1Cc1ccco1)C(=O)Nc1cccnc1Cl. The number of carbonyl (C=O) groups excluding carboxylic acids is 1. The van der Waals surface area contributed by atoms with Crippen molar-refractivity contribution in [1.29, 1.82) is 0 Å². The Labute approximate surface area is 165 Å². The summed E-state index contributed by atoms with van der Waals surface area (Å²) < 4.78 is 7.52. The number of halogens is 1. The first kappa shape index (κ1) is 18.1. The van der Waals surface area contributed by atoms with E-state index in [0.717, 1.165) is 24.4 Å². The zero-order chi connectivity index (χ0) is 18.8. The average molecular weight is 404 g/mol. The van der Waals surface area contributed by atoms with Crippen LogP contribution in [0.15, 0.2) is 46.3 Å². The number of nitrogens with zero attached hydrogens (tertiary/aromatic N) is 4. The highest BCUT2D eigenvalue weighted by atomic mass is 35.5. The van der Waals surface area contributed by atoms with Crippen LogP contribution in [0.4, 0.5) is 5.69 Å². The Bertz CT molecular complexity index is 939. The number of anilines is 1. The first-order chi connectivity index (χ1) is 13.1. The van der Waals surface area contributed by atoms with Gasteiger partial charge in [-0.2, -0.15) is 0 Å². The topological polar surface area (TPSA) is 85.8 Å². The lowest BCUT2D eigenvalue weighted by Gasteiger charge is -2.13. The second-order valence-corrected chi connectivity index (χ2v) is 8.04. The molecule has 1 atom stereocenters. The van der Waals surface area contributed by atoms with Gasteiger partial charge in [0.05, 0.1) is 23.7 Å².